The minimum absolute atomic E-state index is 0.000140. The summed E-state index contributed by atoms with van der Waals surface area (Å²) in [5, 5.41) is 14.1. The van der Waals surface area contributed by atoms with Crippen molar-refractivity contribution in [3.63, 3.8) is 0 Å². The molecule has 0 bridgehead atoms. The highest BCUT2D eigenvalue weighted by molar-refractivity contribution is 5.89. The summed E-state index contributed by atoms with van der Waals surface area (Å²) in [6.07, 6.45) is 5.63. The monoisotopic (exact) mass is 274 g/mol. The topological polar surface area (TPSA) is 78.4 Å². The molecule has 0 saturated carbocycles. The van der Waals surface area contributed by atoms with Gasteiger partial charge >= 0.3 is 12.0 Å². The van der Waals surface area contributed by atoms with Crippen LogP contribution >= 0.6 is 0 Å². The van der Waals surface area contributed by atoms with Crippen molar-refractivity contribution in [2.45, 2.75) is 32.2 Å². The van der Waals surface area contributed by atoms with Crippen molar-refractivity contribution in [3.05, 3.63) is 29.8 Å². The van der Waals surface area contributed by atoms with Gasteiger partial charge in [-0.15, -0.1) is 6.42 Å². The molecule has 0 unspecified atom stereocenters. The maximum absolute atomic E-state index is 11.9. The number of terminal acetylenes is 1. The fourth-order valence-electron chi connectivity index (χ4n) is 1.64. The quantitative estimate of drug-likeness (QED) is 0.721. The summed E-state index contributed by atoms with van der Waals surface area (Å²) in [4.78, 5) is 22.4. The van der Waals surface area contributed by atoms with Gasteiger partial charge in [0.2, 0.25) is 0 Å². The van der Waals surface area contributed by atoms with Gasteiger partial charge in [-0.2, -0.15) is 0 Å². The number of carbonyl (C=O) groups is 2. The molecule has 0 fully saturated rings. The molecule has 0 aliphatic carbocycles. The number of nitrogens with one attached hydrogen (secondary N) is 2. The first-order chi connectivity index (χ1) is 9.32. The lowest BCUT2D eigenvalue weighted by atomic mass is 9.99. The second kappa shape index (κ2) is 6.62. The molecule has 0 spiro atoms. The molecule has 0 aliphatic heterocycles. The van der Waals surface area contributed by atoms with Crippen molar-refractivity contribution in [1.29, 1.82) is 0 Å². The van der Waals surface area contributed by atoms with Crippen LogP contribution in [0, 0.1) is 12.3 Å². The Labute approximate surface area is 118 Å². The van der Waals surface area contributed by atoms with E-state index in [1.165, 1.54) is 0 Å². The lowest BCUT2D eigenvalue weighted by Gasteiger charge is -2.25. The Morgan fingerprint density at radius 1 is 1.40 bits per heavy atom. The number of carboxylic acid groups (broad SMARTS) is 1. The van der Waals surface area contributed by atoms with Crippen LogP contribution in [0.2, 0.25) is 0 Å². The van der Waals surface area contributed by atoms with Gasteiger partial charge in [0.05, 0.1) is 0 Å². The minimum Gasteiger partial charge on any atom is -0.481 e. The molecular formula is C15H18N2O3. The molecule has 2 amide bonds. The third kappa shape index (κ3) is 5.44. The van der Waals surface area contributed by atoms with E-state index in [2.05, 4.69) is 16.6 Å². The van der Waals surface area contributed by atoms with Gasteiger partial charge in [-0.1, -0.05) is 12.0 Å². The molecule has 1 aromatic rings. The number of amides is 2. The molecule has 0 radical (unpaired) electrons. The number of carbonyl (C=O) groups excluding carboxylic acids is 1. The Hall–Kier alpha value is -2.48. The van der Waals surface area contributed by atoms with Crippen LogP contribution in [0.1, 0.15) is 32.3 Å². The normalized spacial score (nSPS) is 10.4. The Bertz CT molecular complexity index is 544. The zero-order chi connectivity index (χ0) is 15.2. The first kappa shape index (κ1) is 15.6. The fourth-order valence-corrected chi connectivity index (χ4v) is 1.64. The zero-order valence-electron chi connectivity index (χ0n) is 11.6. The first-order valence-electron chi connectivity index (χ1n) is 6.20. The molecule has 0 aliphatic rings. The van der Waals surface area contributed by atoms with Crippen LogP contribution in [-0.4, -0.2) is 22.6 Å². The SMILES string of the molecule is C#Cc1cccc(NC(=O)NC(C)(C)CCC(=O)O)c1. The van der Waals surface area contributed by atoms with Crippen molar-refractivity contribution < 1.29 is 14.7 Å². The number of rotatable bonds is 5. The maximum Gasteiger partial charge on any atom is 0.319 e. The van der Waals surface area contributed by atoms with Crippen molar-refractivity contribution in [2.75, 3.05) is 5.32 Å². The molecular weight excluding hydrogens is 256 g/mol. The Morgan fingerprint density at radius 3 is 2.70 bits per heavy atom. The summed E-state index contributed by atoms with van der Waals surface area (Å²) < 4.78 is 0. The van der Waals surface area contributed by atoms with E-state index >= 15 is 0 Å². The maximum atomic E-state index is 11.9. The van der Waals surface area contributed by atoms with E-state index < -0.39 is 17.5 Å². The second-order valence-electron chi connectivity index (χ2n) is 5.08. The molecule has 106 valence electrons. The standard InChI is InChI=1S/C15H18N2O3/c1-4-11-6-5-7-12(10-11)16-14(20)17-15(2,3)9-8-13(18)19/h1,5-7,10H,8-9H2,2-3H3,(H,18,19)(H2,16,17,20). The van der Waals surface area contributed by atoms with Crippen molar-refractivity contribution in [1.82, 2.24) is 5.32 Å². The predicted octanol–water partition coefficient (Wildman–Crippen LogP) is 2.43. The minimum atomic E-state index is -0.887. The lowest BCUT2D eigenvalue weighted by Crippen LogP contribution is -2.45. The van der Waals surface area contributed by atoms with E-state index in [1.807, 2.05) is 0 Å². The summed E-state index contributed by atoms with van der Waals surface area (Å²) >= 11 is 0. The zero-order valence-corrected chi connectivity index (χ0v) is 11.6. The summed E-state index contributed by atoms with van der Waals surface area (Å²) in [5.41, 5.74) is 0.659. The highest BCUT2D eigenvalue weighted by Gasteiger charge is 2.21. The van der Waals surface area contributed by atoms with E-state index in [9.17, 15) is 9.59 Å². The van der Waals surface area contributed by atoms with E-state index in [-0.39, 0.29) is 6.42 Å². The van der Waals surface area contributed by atoms with Gasteiger partial charge in [-0.3, -0.25) is 4.79 Å². The van der Waals surface area contributed by atoms with Crippen molar-refractivity contribution >= 4 is 17.7 Å². The molecule has 0 atom stereocenters. The van der Waals surface area contributed by atoms with E-state index in [0.717, 1.165) is 0 Å². The van der Waals surface area contributed by atoms with Gasteiger partial charge < -0.3 is 15.7 Å². The van der Waals surface area contributed by atoms with Gasteiger partial charge in [-0.25, -0.2) is 4.79 Å². The highest BCUT2D eigenvalue weighted by Crippen LogP contribution is 2.13. The van der Waals surface area contributed by atoms with Crippen molar-refractivity contribution in [2.24, 2.45) is 0 Å². The molecule has 1 rings (SSSR count). The largest absolute Gasteiger partial charge is 0.481 e. The molecule has 5 nitrogen and oxygen atoms in total. The van der Waals surface area contributed by atoms with E-state index in [4.69, 9.17) is 11.5 Å². The van der Waals surface area contributed by atoms with Gasteiger partial charge in [0.1, 0.15) is 0 Å². The third-order valence-corrected chi connectivity index (χ3v) is 2.70. The molecule has 1 aromatic carbocycles. The lowest BCUT2D eigenvalue weighted by molar-refractivity contribution is -0.137. The van der Waals surface area contributed by atoms with E-state index in [0.29, 0.717) is 17.7 Å². The third-order valence-electron chi connectivity index (χ3n) is 2.70. The highest BCUT2D eigenvalue weighted by atomic mass is 16.4. The number of anilines is 1. The number of carboxylic acids is 1. The number of hydrogen-bond donors (Lipinski definition) is 3. The molecule has 20 heavy (non-hydrogen) atoms. The molecule has 0 saturated heterocycles. The smallest absolute Gasteiger partial charge is 0.319 e. The Balaban J connectivity index is 2.58. The number of urea groups is 1. The summed E-state index contributed by atoms with van der Waals surface area (Å²) in [5.74, 6) is 1.60. The predicted molar refractivity (Wildman–Crippen MR) is 77.5 cm³/mol. The van der Waals surface area contributed by atoms with Gasteiger partial charge in [0, 0.05) is 23.2 Å². The van der Waals surface area contributed by atoms with Crippen LogP contribution < -0.4 is 10.6 Å². The average Bonchev–Trinajstić information content (AvgIpc) is 2.36. The Morgan fingerprint density at radius 2 is 2.10 bits per heavy atom. The van der Waals surface area contributed by atoms with Gasteiger partial charge in [0.15, 0.2) is 0 Å². The summed E-state index contributed by atoms with van der Waals surface area (Å²) in [6.45, 7) is 3.54. The summed E-state index contributed by atoms with van der Waals surface area (Å²) in [7, 11) is 0. The molecule has 0 aromatic heterocycles. The fraction of sp³-hybridized carbons (Fsp3) is 0.333. The van der Waals surface area contributed by atoms with Crippen LogP contribution in [0.3, 0.4) is 0 Å². The first-order valence-corrected chi connectivity index (χ1v) is 6.20. The van der Waals surface area contributed by atoms with Crippen molar-refractivity contribution in [3.8, 4) is 12.3 Å². The van der Waals surface area contributed by atoms with Crippen LogP contribution in [-0.2, 0) is 4.79 Å². The number of hydrogen-bond acceptors (Lipinski definition) is 2. The van der Waals surface area contributed by atoms with E-state index in [1.54, 1.807) is 38.1 Å². The number of benzene rings is 1. The van der Waals surface area contributed by atoms with Crippen LogP contribution in [0.25, 0.3) is 0 Å². The molecule has 3 N–H and O–H groups in total. The average molecular weight is 274 g/mol. The van der Waals surface area contributed by atoms with Gasteiger partial charge in [0.25, 0.3) is 0 Å². The Kier molecular flexibility index (Phi) is 5.15. The van der Waals surface area contributed by atoms with Gasteiger partial charge in [-0.05, 0) is 38.5 Å². The van der Waals surface area contributed by atoms with Crippen LogP contribution in [0.5, 0.6) is 0 Å². The molecule has 5 heteroatoms. The summed E-state index contributed by atoms with van der Waals surface area (Å²) in [6, 6.07) is 6.53. The second-order valence-corrected chi connectivity index (χ2v) is 5.08. The van der Waals surface area contributed by atoms with Crippen LogP contribution in [0.4, 0.5) is 10.5 Å². The van der Waals surface area contributed by atoms with Crippen LogP contribution in [0.15, 0.2) is 24.3 Å². The number of aliphatic carboxylic acids is 1. The molecule has 0 heterocycles.